The number of nitrogen functional groups attached to an aromatic ring is 1. The normalized spacial score (nSPS) is 17.8. The Morgan fingerprint density at radius 1 is 1.33 bits per heavy atom. The van der Waals surface area contributed by atoms with Crippen LogP contribution in [0.25, 0.3) is 10.9 Å². The maximum absolute atomic E-state index is 14.4. The monoisotopic (exact) mass is 289 g/mol. The molecule has 0 spiro atoms. The molecule has 21 heavy (non-hydrogen) atoms. The van der Waals surface area contributed by atoms with Crippen molar-refractivity contribution in [2.45, 2.75) is 37.6 Å². The molecule has 0 bridgehead atoms. The van der Waals surface area contributed by atoms with Crippen LogP contribution in [0.2, 0.25) is 0 Å². The van der Waals surface area contributed by atoms with Gasteiger partial charge in [-0.15, -0.1) is 0 Å². The van der Waals surface area contributed by atoms with E-state index in [0.29, 0.717) is 16.9 Å². The fourth-order valence-corrected chi connectivity index (χ4v) is 3.17. The van der Waals surface area contributed by atoms with E-state index in [1.165, 1.54) is 6.07 Å². The van der Waals surface area contributed by atoms with Gasteiger partial charge < -0.3 is 16.2 Å². The standard InChI is InChI=1S/C16H20FN3O/c17-12-9-13(18)11-5-4-8-19-14(11)15(12)20-16(10-21)6-2-1-3-7-16/h4-5,8-9,20-21H,1-3,6-7,10,18H2. The number of hydrogen-bond acceptors (Lipinski definition) is 4. The van der Waals surface area contributed by atoms with Crippen LogP contribution >= 0.6 is 0 Å². The summed E-state index contributed by atoms with van der Waals surface area (Å²) in [7, 11) is 0. The summed E-state index contributed by atoms with van der Waals surface area (Å²) in [5.41, 5.74) is 6.65. The number of nitrogens with one attached hydrogen (secondary N) is 1. The highest BCUT2D eigenvalue weighted by atomic mass is 19.1. The number of fused-ring (bicyclic) bond motifs is 1. The quantitative estimate of drug-likeness (QED) is 0.759. The van der Waals surface area contributed by atoms with E-state index < -0.39 is 11.4 Å². The third-order valence-corrected chi connectivity index (χ3v) is 4.38. The summed E-state index contributed by atoms with van der Waals surface area (Å²) < 4.78 is 14.4. The SMILES string of the molecule is Nc1cc(F)c(NC2(CO)CCCCC2)c2ncccc12. The lowest BCUT2D eigenvalue weighted by Crippen LogP contribution is -2.44. The van der Waals surface area contributed by atoms with Gasteiger partial charge in [-0.1, -0.05) is 19.3 Å². The van der Waals surface area contributed by atoms with Crippen LogP contribution in [0.5, 0.6) is 0 Å². The predicted molar refractivity (Wildman–Crippen MR) is 82.6 cm³/mol. The third-order valence-electron chi connectivity index (χ3n) is 4.38. The zero-order chi connectivity index (χ0) is 14.9. The van der Waals surface area contributed by atoms with E-state index in [9.17, 15) is 9.50 Å². The number of halogens is 1. The van der Waals surface area contributed by atoms with Gasteiger partial charge in [0.1, 0.15) is 0 Å². The first-order valence-corrected chi connectivity index (χ1v) is 7.37. The Morgan fingerprint density at radius 3 is 2.81 bits per heavy atom. The molecule has 1 heterocycles. The van der Waals surface area contributed by atoms with Crippen molar-refractivity contribution in [3.05, 3.63) is 30.2 Å². The molecule has 1 aromatic carbocycles. The highest BCUT2D eigenvalue weighted by Gasteiger charge is 2.32. The summed E-state index contributed by atoms with van der Waals surface area (Å²) in [5.74, 6) is -0.419. The molecule has 4 N–H and O–H groups in total. The first kappa shape index (κ1) is 14.1. The number of aliphatic hydroxyl groups is 1. The van der Waals surface area contributed by atoms with Crippen molar-refractivity contribution in [3.8, 4) is 0 Å². The first-order chi connectivity index (χ1) is 10.2. The molecule has 1 aliphatic carbocycles. The van der Waals surface area contributed by atoms with Crippen molar-refractivity contribution in [2.75, 3.05) is 17.7 Å². The molecule has 0 unspecified atom stereocenters. The molecule has 112 valence electrons. The number of aromatic nitrogens is 1. The Hall–Kier alpha value is -1.88. The molecule has 4 nitrogen and oxygen atoms in total. The Labute approximate surface area is 123 Å². The van der Waals surface area contributed by atoms with E-state index in [1.807, 2.05) is 6.07 Å². The van der Waals surface area contributed by atoms with Crippen LogP contribution in [0.4, 0.5) is 15.8 Å². The van der Waals surface area contributed by atoms with Crippen molar-refractivity contribution in [1.29, 1.82) is 0 Å². The number of nitrogens with two attached hydrogens (primary N) is 1. The van der Waals surface area contributed by atoms with Crippen LogP contribution in [0.3, 0.4) is 0 Å². The van der Waals surface area contributed by atoms with Gasteiger partial charge in [0.2, 0.25) is 0 Å². The Kier molecular flexibility index (Phi) is 3.68. The molecule has 0 saturated heterocycles. The van der Waals surface area contributed by atoms with Gasteiger partial charge in [0.25, 0.3) is 0 Å². The number of aliphatic hydroxyl groups excluding tert-OH is 1. The van der Waals surface area contributed by atoms with E-state index in [2.05, 4.69) is 10.3 Å². The van der Waals surface area contributed by atoms with Gasteiger partial charge in [-0.25, -0.2) is 4.39 Å². The Morgan fingerprint density at radius 2 is 2.10 bits per heavy atom. The molecule has 0 atom stereocenters. The number of benzene rings is 1. The van der Waals surface area contributed by atoms with Crippen LogP contribution in [0.1, 0.15) is 32.1 Å². The summed E-state index contributed by atoms with van der Waals surface area (Å²) in [6.07, 6.45) is 6.53. The van der Waals surface area contributed by atoms with E-state index in [1.54, 1.807) is 12.3 Å². The zero-order valence-electron chi connectivity index (χ0n) is 11.9. The van der Waals surface area contributed by atoms with Crippen LogP contribution in [0, 0.1) is 5.82 Å². The average Bonchev–Trinajstić information content (AvgIpc) is 2.52. The number of pyridine rings is 1. The van der Waals surface area contributed by atoms with E-state index in [-0.39, 0.29) is 6.61 Å². The number of hydrogen-bond donors (Lipinski definition) is 3. The second-order valence-electron chi connectivity index (χ2n) is 5.85. The fourth-order valence-electron chi connectivity index (χ4n) is 3.17. The average molecular weight is 289 g/mol. The molecule has 1 saturated carbocycles. The molecule has 0 radical (unpaired) electrons. The van der Waals surface area contributed by atoms with Crippen LogP contribution < -0.4 is 11.1 Å². The van der Waals surface area contributed by atoms with E-state index >= 15 is 0 Å². The minimum absolute atomic E-state index is 0.00879. The molecule has 1 aromatic heterocycles. The van der Waals surface area contributed by atoms with Gasteiger partial charge in [0, 0.05) is 17.3 Å². The van der Waals surface area contributed by atoms with Gasteiger partial charge >= 0.3 is 0 Å². The number of rotatable bonds is 3. The smallest absolute Gasteiger partial charge is 0.150 e. The van der Waals surface area contributed by atoms with Crippen LogP contribution in [-0.2, 0) is 0 Å². The molecule has 0 aliphatic heterocycles. The summed E-state index contributed by atoms with van der Waals surface area (Å²) in [6, 6.07) is 4.93. The van der Waals surface area contributed by atoms with Gasteiger partial charge in [-0.2, -0.15) is 0 Å². The van der Waals surface area contributed by atoms with Crippen LogP contribution in [-0.4, -0.2) is 22.2 Å². The highest BCUT2D eigenvalue weighted by Crippen LogP contribution is 2.36. The molecule has 1 aliphatic rings. The largest absolute Gasteiger partial charge is 0.398 e. The minimum Gasteiger partial charge on any atom is -0.398 e. The van der Waals surface area contributed by atoms with E-state index in [0.717, 1.165) is 37.5 Å². The molecule has 3 rings (SSSR count). The van der Waals surface area contributed by atoms with E-state index in [4.69, 9.17) is 5.73 Å². The molecule has 5 heteroatoms. The molecular weight excluding hydrogens is 269 g/mol. The van der Waals surface area contributed by atoms with Gasteiger partial charge in [-0.3, -0.25) is 4.98 Å². The van der Waals surface area contributed by atoms with Crippen molar-refractivity contribution in [3.63, 3.8) is 0 Å². The van der Waals surface area contributed by atoms with Crippen molar-refractivity contribution in [2.24, 2.45) is 0 Å². The van der Waals surface area contributed by atoms with Crippen LogP contribution in [0.15, 0.2) is 24.4 Å². The summed E-state index contributed by atoms with van der Waals surface area (Å²) >= 11 is 0. The maximum Gasteiger partial charge on any atom is 0.150 e. The lowest BCUT2D eigenvalue weighted by atomic mass is 9.82. The minimum atomic E-state index is -0.459. The third kappa shape index (κ3) is 2.53. The summed E-state index contributed by atoms with van der Waals surface area (Å²) in [4.78, 5) is 4.27. The van der Waals surface area contributed by atoms with Gasteiger partial charge in [0.15, 0.2) is 5.82 Å². The Bertz CT molecular complexity index is 653. The summed E-state index contributed by atoms with van der Waals surface area (Å²) in [5, 5.41) is 13.8. The van der Waals surface area contributed by atoms with Crippen molar-refractivity contribution in [1.82, 2.24) is 4.98 Å². The molecular formula is C16H20FN3O. The number of nitrogens with zero attached hydrogens (tertiary/aromatic N) is 1. The first-order valence-electron chi connectivity index (χ1n) is 7.37. The summed E-state index contributed by atoms with van der Waals surface area (Å²) in [6.45, 7) is -0.00879. The molecule has 0 amide bonds. The lowest BCUT2D eigenvalue weighted by Gasteiger charge is -2.37. The lowest BCUT2D eigenvalue weighted by molar-refractivity contribution is 0.172. The van der Waals surface area contributed by atoms with Crippen molar-refractivity contribution >= 4 is 22.3 Å². The molecule has 2 aromatic rings. The molecule has 1 fully saturated rings. The zero-order valence-corrected chi connectivity index (χ0v) is 11.9. The second kappa shape index (κ2) is 5.48. The number of anilines is 2. The second-order valence-corrected chi connectivity index (χ2v) is 5.85. The topological polar surface area (TPSA) is 71.2 Å². The Balaban J connectivity index is 2.07. The fraction of sp³-hybridized carbons (Fsp3) is 0.438. The maximum atomic E-state index is 14.4. The predicted octanol–water partition coefficient (Wildman–Crippen LogP) is 3.06. The van der Waals surface area contributed by atoms with Gasteiger partial charge in [0.05, 0.1) is 23.3 Å². The highest BCUT2D eigenvalue weighted by molar-refractivity contribution is 5.98. The van der Waals surface area contributed by atoms with Crippen molar-refractivity contribution < 1.29 is 9.50 Å². The van der Waals surface area contributed by atoms with Gasteiger partial charge in [-0.05, 0) is 31.0 Å².